The molecule has 0 aliphatic carbocycles. The molecule has 0 spiro atoms. The summed E-state index contributed by atoms with van der Waals surface area (Å²) in [7, 11) is 0. The van der Waals surface area contributed by atoms with Crippen LogP contribution in [0.25, 0.3) is 22.3 Å². The van der Waals surface area contributed by atoms with Gasteiger partial charge in [-0.3, -0.25) is 14.3 Å². The van der Waals surface area contributed by atoms with E-state index in [1.807, 2.05) is 60.7 Å². The van der Waals surface area contributed by atoms with Crippen molar-refractivity contribution in [2.24, 2.45) is 0 Å². The second kappa shape index (κ2) is 8.53. The van der Waals surface area contributed by atoms with Gasteiger partial charge in [-0.25, -0.2) is 4.98 Å². The Bertz CT molecular complexity index is 1380. The summed E-state index contributed by atoms with van der Waals surface area (Å²) >= 11 is 1.39. The third-order valence-corrected chi connectivity index (χ3v) is 5.68. The van der Waals surface area contributed by atoms with Crippen molar-refractivity contribution < 1.29 is 4.52 Å². The Labute approximate surface area is 181 Å². The van der Waals surface area contributed by atoms with Crippen molar-refractivity contribution in [1.29, 1.82) is 0 Å². The number of fused-ring (bicyclic) bond motifs is 1. The molecule has 152 valence electrons. The molecule has 0 bridgehead atoms. The van der Waals surface area contributed by atoms with Crippen LogP contribution in [-0.2, 0) is 12.3 Å². The van der Waals surface area contributed by atoms with Gasteiger partial charge in [-0.2, -0.15) is 4.98 Å². The zero-order valence-electron chi connectivity index (χ0n) is 16.4. The first-order valence-electron chi connectivity index (χ1n) is 9.67. The average molecular weight is 427 g/mol. The molecule has 0 amide bonds. The Morgan fingerprint density at radius 3 is 2.61 bits per heavy atom. The molecule has 3 aromatic heterocycles. The van der Waals surface area contributed by atoms with E-state index in [0.717, 1.165) is 11.1 Å². The Kier molecular flexibility index (Phi) is 5.28. The molecule has 0 aliphatic heterocycles. The molecular weight excluding hydrogens is 410 g/mol. The molecule has 0 aliphatic rings. The molecule has 0 saturated carbocycles. The van der Waals surface area contributed by atoms with E-state index < -0.39 is 0 Å². The van der Waals surface area contributed by atoms with Crippen molar-refractivity contribution >= 4 is 22.7 Å². The lowest BCUT2D eigenvalue weighted by atomic mass is 10.2. The van der Waals surface area contributed by atoms with Crippen LogP contribution in [0.15, 0.2) is 93.6 Å². The molecular formula is C23H17N5O2S. The van der Waals surface area contributed by atoms with Gasteiger partial charge in [-0.1, -0.05) is 65.4 Å². The van der Waals surface area contributed by atoms with Crippen LogP contribution in [0.4, 0.5) is 0 Å². The quantitative estimate of drug-likeness (QED) is 0.297. The van der Waals surface area contributed by atoms with Gasteiger partial charge < -0.3 is 4.52 Å². The fraction of sp³-hybridized carbons (Fsp3) is 0.0870. The van der Waals surface area contributed by atoms with Gasteiger partial charge in [0.05, 0.1) is 23.2 Å². The lowest BCUT2D eigenvalue weighted by Crippen LogP contribution is -2.24. The molecule has 5 rings (SSSR count). The topological polar surface area (TPSA) is 86.7 Å². The molecule has 0 atom stereocenters. The summed E-state index contributed by atoms with van der Waals surface area (Å²) in [6.45, 7) is 0.381. The summed E-state index contributed by atoms with van der Waals surface area (Å²) in [5.74, 6) is 1.41. The van der Waals surface area contributed by atoms with Gasteiger partial charge in [-0.15, -0.1) is 0 Å². The highest BCUT2D eigenvalue weighted by molar-refractivity contribution is 7.98. The highest BCUT2D eigenvalue weighted by atomic mass is 32.2. The normalized spacial score (nSPS) is 11.1. The van der Waals surface area contributed by atoms with Gasteiger partial charge in [-0.05, 0) is 23.8 Å². The molecule has 0 unspecified atom stereocenters. The van der Waals surface area contributed by atoms with Crippen LogP contribution in [0.5, 0.6) is 0 Å². The highest BCUT2D eigenvalue weighted by Gasteiger charge is 2.15. The van der Waals surface area contributed by atoms with E-state index in [1.54, 1.807) is 23.0 Å². The van der Waals surface area contributed by atoms with Crippen LogP contribution in [0.1, 0.15) is 11.5 Å². The second-order valence-electron chi connectivity index (χ2n) is 6.83. The first-order valence-corrected chi connectivity index (χ1v) is 10.7. The number of aromatic nitrogens is 5. The van der Waals surface area contributed by atoms with Gasteiger partial charge >= 0.3 is 0 Å². The number of nitrogens with zero attached hydrogens (tertiary/aromatic N) is 5. The molecule has 0 fully saturated rings. The zero-order chi connectivity index (χ0) is 21.0. The largest absolute Gasteiger partial charge is 0.338 e. The minimum Gasteiger partial charge on any atom is -0.338 e. The maximum Gasteiger partial charge on any atom is 0.262 e. The minimum atomic E-state index is -0.0903. The van der Waals surface area contributed by atoms with Gasteiger partial charge in [0.1, 0.15) is 0 Å². The fourth-order valence-electron chi connectivity index (χ4n) is 3.22. The van der Waals surface area contributed by atoms with Gasteiger partial charge in [0.25, 0.3) is 5.56 Å². The standard InChI is InChI=1S/C23H17N5O2S/c29-22-18-10-4-5-11-19(18)25-23(28(22)14-16-7-6-12-24-13-16)31-15-20-26-21(27-30-20)17-8-2-1-3-9-17/h1-13H,14-15H2. The monoisotopic (exact) mass is 427 g/mol. The highest BCUT2D eigenvalue weighted by Crippen LogP contribution is 2.24. The predicted molar refractivity (Wildman–Crippen MR) is 119 cm³/mol. The van der Waals surface area contributed by atoms with Gasteiger partial charge in [0.2, 0.25) is 11.7 Å². The molecule has 8 heteroatoms. The average Bonchev–Trinajstić information content (AvgIpc) is 3.30. The van der Waals surface area contributed by atoms with Crippen LogP contribution in [0, 0.1) is 0 Å². The van der Waals surface area contributed by atoms with Crippen LogP contribution in [0.3, 0.4) is 0 Å². The van der Waals surface area contributed by atoms with E-state index in [0.29, 0.717) is 40.1 Å². The van der Waals surface area contributed by atoms with Crippen molar-refractivity contribution in [3.05, 3.63) is 101 Å². The first kappa shape index (κ1) is 19.2. The van der Waals surface area contributed by atoms with E-state index in [2.05, 4.69) is 15.1 Å². The van der Waals surface area contributed by atoms with E-state index in [9.17, 15) is 4.79 Å². The third-order valence-electron chi connectivity index (χ3n) is 4.71. The Hall–Kier alpha value is -3.78. The molecule has 3 heterocycles. The number of pyridine rings is 1. The van der Waals surface area contributed by atoms with Crippen LogP contribution in [0.2, 0.25) is 0 Å². The number of hydrogen-bond donors (Lipinski definition) is 0. The molecule has 0 saturated heterocycles. The number of para-hydroxylation sites is 1. The fourth-order valence-corrected chi connectivity index (χ4v) is 4.05. The van der Waals surface area contributed by atoms with Crippen LogP contribution in [-0.4, -0.2) is 24.7 Å². The summed E-state index contributed by atoms with van der Waals surface area (Å²) < 4.78 is 7.07. The van der Waals surface area contributed by atoms with E-state index in [1.165, 1.54) is 11.8 Å². The van der Waals surface area contributed by atoms with Crippen LogP contribution >= 0.6 is 11.8 Å². The second-order valence-corrected chi connectivity index (χ2v) is 7.77. The van der Waals surface area contributed by atoms with Gasteiger partial charge in [0, 0.05) is 18.0 Å². The maximum absolute atomic E-state index is 13.2. The smallest absolute Gasteiger partial charge is 0.262 e. The summed E-state index contributed by atoms with van der Waals surface area (Å²) in [4.78, 5) is 26.5. The lowest BCUT2D eigenvalue weighted by Gasteiger charge is -2.12. The number of hydrogen-bond acceptors (Lipinski definition) is 7. The van der Waals surface area contributed by atoms with E-state index in [-0.39, 0.29) is 5.56 Å². The SMILES string of the molecule is O=c1c2ccccc2nc(SCc2nc(-c3ccccc3)no2)n1Cc1cccnc1. The summed E-state index contributed by atoms with van der Waals surface area (Å²) in [6, 6.07) is 20.8. The van der Waals surface area contributed by atoms with Gasteiger partial charge in [0.15, 0.2) is 5.16 Å². The Balaban J connectivity index is 1.47. The maximum atomic E-state index is 13.2. The van der Waals surface area contributed by atoms with Crippen molar-refractivity contribution in [3.8, 4) is 11.4 Å². The third kappa shape index (κ3) is 4.10. The zero-order valence-corrected chi connectivity index (χ0v) is 17.2. The Morgan fingerprint density at radius 1 is 0.935 bits per heavy atom. The van der Waals surface area contributed by atoms with E-state index >= 15 is 0 Å². The number of benzene rings is 2. The van der Waals surface area contributed by atoms with Crippen LogP contribution < -0.4 is 5.56 Å². The lowest BCUT2D eigenvalue weighted by molar-refractivity contribution is 0.391. The van der Waals surface area contributed by atoms with E-state index in [4.69, 9.17) is 9.51 Å². The molecule has 0 N–H and O–H groups in total. The van der Waals surface area contributed by atoms with Crippen molar-refractivity contribution in [1.82, 2.24) is 24.7 Å². The number of thioether (sulfide) groups is 1. The summed E-state index contributed by atoms with van der Waals surface area (Å²) in [5.41, 5.74) is 2.38. The summed E-state index contributed by atoms with van der Waals surface area (Å²) in [5, 5.41) is 5.23. The Morgan fingerprint density at radius 2 is 1.77 bits per heavy atom. The van der Waals surface area contributed by atoms with Crippen molar-refractivity contribution in [2.75, 3.05) is 0 Å². The predicted octanol–water partition coefficient (Wildman–Crippen LogP) is 4.18. The number of rotatable bonds is 6. The molecule has 2 aromatic carbocycles. The molecule has 5 aromatic rings. The molecule has 7 nitrogen and oxygen atoms in total. The first-order chi connectivity index (χ1) is 15.3. The molecule has 31 heavy (non-hydrogen) atoms. The minimum absolute atomic E-state index is 0.0903. The van der Waals surface area contributed by atoms with Crippen molar-refractivity contribution in [2.45, 2.75) is 17.5 Å². The molecule has 0 radical (unpaired) electrons. The summed E-state index contributed by atoms with van der Waals surface area (Å²) in [6.07, 6.45) is 3.46. The van der Waals surface area contributed by atoms with Crippen molar-refractivity contribution in [3.63, 3.8) is 0 Å².